The molecule has 0 aliphatic carbocycles. The Hall–Kier alpha value is -4.06. The predicted molar refractivity (Wildman–Crippen MR) is 122 cm³/mol. The number of nitrogens with zero attached hydrogens (tertiary/aromatic N) is 1. The van der Waals surface area contributed by atoms with E-state index in [1.54, 1.807) is 24.3 Å². The third-order valence-electron chi connectivity index (χ3n) is 4.92. The van der Waals surface area contributed by atoms with Crippen LogP contribution in [0.1, 0.15) is 37.2 Å². The van der Waals surface area contributed by atoms with Gasteiger partial charge >= 0.3 is 6.18 Å². The molecule has 3 aromatic heterocycles. The molecule has 0 atom stereocenters. The van der Waals surface area contributed by atoms with Gasteiger partial charge in [0.1, 0.15) is 39.3 Å². The van der Waals surface area contributed by atoms with Gasteiger partial charge in [0.25, 0.3) is 11.8 Å². The van der Waals surface area contributed by atoms with E-state index in [2.05, 4.69) is 10.3 Å². The lowest BCUT2D eigenvalue weighted by Gasteiger charge is -2.09. The number of benzene rings is 1. The first-order chi connectivity index (χ1) is 16.6. The summed E-state index contributed by atoms with van der Waals surface area (Å²) >= 11 is 0.666. The molecular formula is C23H18F3N3O5S. The van der Waals surface area contributed by atoms with Crippen LogP contribution in [0.15, 0.2) is 46.9 Å². The first kappa shape index (κ1) is 24.1. The number of anilines is 1. The number of methoxy groups -OCH3 is 1. The van der Waals surface area contributed by atoms with Gasteiger partial charge in [-0.2, -0.15) is 13.2 Å². The molecule has 0 saturated heterocycles. The highest BCUT2D eigenvalue weighted by atomic mass is 32.1. The zero-order valence-corrected chi connectivity index (χ0v) is 19.2. The summed E-state index contributed by atoms with van der Waals surface area (Å²) in [6.07, 6.45) is -4.67. The Morgan fingerprint density at radius 3 is 2.60 bits per heavy atom. The van der Waals surface area contributed by atoms with Crippen molar-refractivity contribution in [3.8, 4) is 11.5 Å². The van der Waals surface area contributed by atoms with E-state index >= 15 is 0 Å². The predicted octanol–water partition coefficient (Wildman–Crippen LogP) is 5.16. The Balaban J connectivity index is 1.57. The Morgan fingerprint density at radius 1 is 1.17 bits per heavy atom. The molecule has 0 bridgehead atoms. The number of pyridine rings is 1. The largest absolute Gasteiger partial charge is 0.497 e. The maximum absolute atomic E-state index is 13.2. The molecule has 0 fully saturated rings. The number of alkyl halides is 3. The van der Waals surface area contributed by atoms with Crippen molar-refractivity contribution in [2.24, 2.45) is 5.73 Å². The van der Waals surface area contributed by atoms with Crippen LogP contribution in [0.3, 0.4) is 0 Å². The maximum atomic E-state index is 13.2. The summed E-state index contributed by atoms with van der Waals surface area (Å²) in [5.74, 6) is -0.245. The lowest BCUT2D eigenvalue weighted by Crippen LogP contribution is -2.16. The van der Waals surface area contributed by atoms with Crippen LogP contribution in [0, 0.1) is 6.92 Å². The van der Waals surface area contributed by atoms with Crippen LogP contribution in [0.2, 0.25) is 0 Å². The van der Waals surface area contributed by atoms with E-state index in [1.807, 2.05) is 0 Å². The van der Waals surface area contributed by atoms with Crippen LogP contribution < -0.4 is 20.5 Å². The number of hydrogen-bond acceptors (Lipinski definition) is 7. The van der Waals surface area contributed by atoms with Crippen LogP contribution in [0.5, 0.6) is 11.5 Å². The Bertz CT molecular complexity index is 1430. The SMILES string of the molecule is COc1cccc(OCc2ccc(C(=O)Nc3c(C(N)=O)sc4nc(C(F)(F)F)cc(C)c34)o2)c1. The number of fused-ring (bicyclic) bond motifs is 1. The van der Waals surface area contributed by atoms with Crippen molar-refractivity contribution in [2.75, 3.05) is 12.4 Å². The van der Waals surface area contributed by atoms with Crippen molar-refractivity contribution < 1.29 is 36.7 Å². The number of aryl methyl sites for hydroxylation is 1. The van der Waals surface area contributed by atoms with Crippen LogP contribution in [0.4, 0.5) is 18.9 Å². The number of rotatable bonds is 7. The number of nitrogens with one attached hydrogen (secondary N) is 1. The number of halogens is 3. The highest BCUT2D eigenvalue weighted by Gasteiger charge is 2.34. The van der Waals surface area contributed by atoms with Crippen LogP contribution in [0.25, 0.3) is 10.2 Å². The summed E-state index contributed by atoms with van der Waals surface area (Å²) in [5, 5.41) is 2.72. The van der Waals surface area contributed by atoms with Gasteiger partial charge in [0.05, 0.1) is 12.8 Å². The highest BCUT2D eigenvalue weighted by molar-refractivity contribution is 7.21. The van der Waals surface area contributed by atoms with Crippen molar-refractivity contribution >= 4 is 39.1 Å². The van der Waals surface area contributed by atoms with Crippen LogP contribution in [-0.2, 0) is 12.8 Å². The second-order valence-electron chi connectivity index (χ2n) is 7.36. The molecule has 1 aromatic carbocycles. The van der Waals surface area contributed by atoms with Crippen molar-refractivity contribution in [3.63, 3.8) is 0 Å². The standard InChI is InChI=1S/C23H18F3N3O5S/c1-11-8-16(23(24,25)26)28-22-17(11)18(19(35-22)20(27)30)29-21(31)15-7-6-14(34-15)10-33-13-5-3-4-12(9-13)32-2/h3-9H,10H2,1-2H3,(H2,27,30)(H,29,31). The van der Waals surface area contributed by atoms with Gasteiger partial charge in [-0.1, -0.05) is 6.07 Å². The third-order valence-corrected chi connectivity index (χ3v) is 6.02. The topological polar surface area (TPSA) is 117 Å². The molecule has 0 aliphatic heterocycles. The van der Waals surface area contributed by atoms with E-state index < -0.39 is 23.7 Å². The van der Waals surface area contributed by atoms with Crippen molar-refractivity contribution in [1.82, 2.24) is 4.98 Å². The van der Waals surface area contributed by atoms with E-state index in [-0.39, 0.29) is 38.7 Å². The average Bonchev–Trinajstić information content (AvgIpc) is 3.42. The molecule has 0 aliphatic rings. The zero-order chi connectivity index (χ0) is 25.3. The van der Waals surface area contributed by atoms with Crippen molar-refractivity contribution in [1.29, 1.82) is 0 Å². The van der Waals surface area contributed by atoms with E-state index in [4.69, 9.17) is 19.6 Å². The van der Waals surface area contributed by atoms with E-state index in [0.29, 0.717) is 28.6 Å². The van der Waals surface area contributed by atoms with Crippen LogP contribution >= 0.6 is 11.3 Å². The fourth-order valence-electron chi connectivity index (χ4n) is 3.32. The van der Waals surface area contributed by atoms with Gasteiger partial charge in [0, 0.05) is 11.5 Å². The zero-order valence-electron chi connectivity index (χ0n) is 18.4. The molecular weight excluding hydrogens is 487 g/mol. The summed E-state index contributed by atoms with van der Waals surface area (Å²) in [5.41, 5.74) is 4.45. The second kappa shape index (κ2) is 9.29. The minimum absolute atomic E-state index is 0.0215. The summed E-state index contributed by atoms with van der Waals surface area (Å²) < 4.78 is 55.8. The third kappa shape index (κ3) is 5.06. The smallest absolute Gasteiger partial charge is 0.433 e. The quantitative estimate of drug-likeness (QED) is 0.359. The summed E-state index contributed by atoms with van der Waals surface area (Å²) in [4.78, 5) is 28.2. The van der Waals surface area contributed by atoms with Crippen molar-refractivity contribution in [3.05, 3.63) is 70.1 Å². The number of furan rings is 1. The Morgan fingerprint density at radius 2 is 1.91 bits per heavy atom. The molecule has 0 unspecified atom stereocenters. The molecule has 0 radical (unpaired) electrons. The van der Waals surface area contributed by atoms with Gasteiger partial charge in [-0.15, -0.1) is 11.3 Å². The minimum atomic E-state index is -4.67. The normalized spacial score (nSPS) is 11.5. The van der Waals surface area contributed by atoms with Gasteiger partial charge in [-0.25, -0.2) is 4.98 Å². The monoisotopic (exact) mass is 505 g/mol. The summed E-state index contributed by atoms with van der Waals surface area (Å²) in [7, 11) is 1.53. The molecule has 4 aromatic rings. The van der Waals surface area contributed by atoms with Gasteiger partial charge in [-0.3, -0.25) is 9.59 Å². The lowest BCUT2D eigenvalue weighted by atomic mass is 10.1. The van der Waals surface area contributed by atoms with Gasteiger partial charge in [-0.05, 0) is 42.8 Å². The average molecular weight is 505 g/mol. The van der Waals surface area contributed by atoms with E-state index in [0.717, 1.165) is 6.07 Å². The molecule has 182 valence electrons. The number of thiophene rings is 1. The maximum Gasteiger partial charge on any atom is 0.433 e. The summed E-state index contributed by atoms with van der Waals surface area (Å²) in [6, 6.07) is 10.7. The molecule has 0 saturated carbocycles. The fourth-order valence-corrected chi connectivity index (χ4v) is 4.38. The van der Waals surface area contributed by atoms with Gasteiger partial charge in [0.2, 0.25) is 0 Å². The number of amides is 2. The summed E-state index contributed by atoms with van der Waals surface area (Å²) in [6.45, 7) is 1.45. The van der Waals surface area contributed by atoms with Gasteiger partial charge < -0.3 is 24.9 Å². The number of ether oxygens (including phenoxy) is 2. The first-order valence-electron chi connectivity index (χ1n) is 10.0. The first-order valence-corrected chi connectivity index (χ1v) is 10.9. The molecule has 8 nitrogen and oxygen atoms in total. The van der Waals surface area contributed by atoms with Gasteiger partial charge in [0.15, 0.2) is 5.76 Å². The molecule has 3 N–H and O–H groups in total. The number of hydrogen-bond donors (Lipinski definition) is 2. The molecule has 0 spiro atoms. The number of aromatic nitrogens is 1. The van der Waals surface area contributed by atoms with E-state index in [1.165, 1.54) is 26.2 Å². The van der Waals surface area contributed by atoms with Crippen molar-refractivity contribution in [2.45, 2.75) is 19.7 Å². The number of carbonyl (C=O) groups excluding carboxylic acids is 2. The second-order valence-corrected chi connectivity index (χ2v) is 8.36. The molecule has 12 heteroatoms. The molecule has 2 amide bonds. The number of carbonyl (C=O) groups is 2. The lowest BCUT2D eigenvalue weighted by molar-refractivity contribution is -0.141. The Kier molecular flexibility index (Phi) is 6.39. The fraction of sp³-hybridized carbons (Fsp3) is 0.174. The highest BCUT2D eigenvalue weighted by Crippen LogP contribution is 2.40. The van der Waals surface area contributed by atoms with E-state index in [9.17, 15) is 22.8 Å². The number of nitrogens with two attached hydrogens (primary N) is 1. The molecule has 3 heterocycles. The molecule has 35 heavy (non-hydrogen) atoms. The molecule has 4 rings (SSSR count). The Labute approximate surface area is 200 Å². The van der Waals surface area contributed by atoms with Crippen LogP contribution in [-0.4, -0.2) is 23.9 Å². The number of primary amides is 1. The minimum Gasteiger partial charge on any atom is -0.497 e.